The Morgan fingerprint density at radius 2 is 1.84 bits per heavy atom. The lowest BCUT2D eigenvalue weighted by Crippen LogP contribution is -2.34. The Kier molecular flexibility index (Phi) is 10.2. The van der Waals surface area contributed by atoms with E-state index in [0.717, 1.165) is 43.4 Å². The second-order valence-electron chi connectivity index (χ2n) is 9.96. The molecule has 3 aromatic rings. The molecule has 0 saturated carbocycles. The van der Waals surface area contributed by atoms with Crippen molar-refractivity contribution < 1.29 is 9.21 Å². The molecule has 0 radical (unpaired) electrons. The summed E-state index contributed by atoms with van der Waals surface area (Å²) in [6.45, 7) is 9.38. The highest BCUT2D eigenvalue weighted by Crippen LogP contribution is 2.27. The van der Waals surface area contributed by atoms with Crippen molar-refractivity contribution in [3.63, 3.8) is 0 Å². The Bertz CT molecular complexity index is 1140. The number of rotatable bonds is 12. The highest BCUT2D eigenvalue weighted by atomic mass is 35.5. The number of amides is 1. The van der Waals surface area contributed by atoms with Crippen LogP contribution in [0.15, 0.2) is 59.0 Å². The molecule has 2 aromatic carbocycles. The zero-order valence-electron chi connectivity index (χ0n) is 21.9. The highest BCUT2D eigenvalue weighted by Gasteiger charge is 2.15. The van der Waals surface area contributed by atoms with Gasteiger partial charge in [-0.3, -0.25) is 4.79 Å². The molecular formula is C30H39ClN4O2. The molecule has 198 valence electrons. The first-order chi connectivity index (χ1) is 18.0. The molecule has 7 heteroatoms. The zero-order chi connectivity index (χ0) is 26.0. The van der Waals surface area contributed by atoms with E-state index >= 15 is 0 Å². The van der Waals surface area contributed by atoms with Gasteiger partial charge in [-0.15, -0.1) is 0 Å². The van der Waals surface area contributed by atoms with Crippen molar-refractivity contribution >= 4 is 17.5 Å². The SMILES string of the molecule is Cc1ccc([C@@H](C)NCc2ccc(-c3ccc(Cl)c(C(=O)NCCNCCC4CCNCC4)c3)o2)cc1. The maximum Gasteiger partial charge on any atom is 0.252 e. The molecule has 0 aliphatic carbocycles. The summed E-state index contributed by atoms with van der Waals surface area (Å²) in [5.74, 6) is 2.18. The van der Waals surface area contributed by atoms with Gasteiger partial charge in [0.1, 0.15) is 11.5 Å². The third-order valence-corrected chi connectivity index (χ3v) is 7.42. The minimum atomic E-state index is -0.174. The van der Waals surface area contributed by atoms with Gasteiger partial charge in [0.25, 0.3) is 5.91 Å². The predicted molar refractivity (Wildman–Crippen MR) is 151 cm³/mol. The third-order valence-electron chi connectivity index (χ3n) is 7.09. The fraction of sp³-hybridized carbons (Fsp3) is 0.433. The van der Waals surface area contributed by atoms with E-state index < -0.39 is 0 Å². The summed E-state index contributed by atoms with van der Waals surface area (Å²) in [7, 11) is 0. The molecule has 1 aromatic heterocycles. The summed E-state index contributed by atoms with van der Waals surface area (Å²) >= 11 is 6.36. The van der Waals surface area contributed by atoms with E-state index in [-0.39, 0.29) is 11.9 Å². The lowest BCUT2D eigenvalue weighted by Gasteiger charge is -2.22. The van der Waals surface area contributed by atoms with Crippen molar-refractivity contribution in [2.45, 2.75) is 45.7 Å². The average Bonchev–Trinajstić information content (AvgIpc) is 3.39. The number of hydrogen-bond acceptors (Lipinski definition) is 5. The first kappa shape index (κ1) is 27.4. The van der Waals surface area contributed by atoms with Gasteiger partial charge in [-0.05, 0) is 94.6 Å². The number of hydrogen-bond donors (Lipinski definition) is 4. The van der Waals surface area contributed by atoms with Crippen LogP contribution in [0.4, 0.5) is 0 Å². The maximum atomic E-state index is 12.8. The van der Waals surface area contributed by atoms with Crippen LogP contribution in [0, 0.1) is 12.8 Å². The van der Waals surface area contributed by atoms with Gasteiger partial charge in [0.2, 0.25) is 0 Å². The Balaban J connectivity index is 1.25. The lowest BCUT2D eigenvalue weighted by molar-refractivity contribution is 0.0954. The van der Waals surface area contributed by atoms with Gasteiger partial charge in [-0.1, -0.05) is 41.4 Å². The molecule has 1 aliphatic rings. The average molecular weight is 523 g/mol. The van der Waals surface area contributed by atoms with Crippen molar-refractivity contribution in [1.82, 2.24) is 21.3 Å². The summed E-state index contributed by atoms with van der Waals surface area (Å²) in [5, 5.41) is 13.8. The van der Waals surface area contributed by atoms with Crippen LogP contribution in [-0.4, -0.2) is 38.6 Å². The molecule has 0 unspecified atom stereocenters. The summed E-state index contributed by atoms with van der Waals surface area (Å²) in [4.78, 5) is 12.8. The molecule has 1 saturated heterocycles. The quantitative estimate of drug-likeness (QED) is 0.237. The number of aryl methyl sites for hydroxylation is 1. The van der Waals surface area contributed by atoms with Crippen LogP contribution in [0.5, 0.6) is 0 Å². The fourth-order valence-corrected chi connectivity index (χ4v) is 4.87. The molecule has 1 amide bonds. The number of halogens is 1. The number of benzene rings is 2. The molecule has 0 spiro atoms. The van der Waals surface area contributed by atoms with Gasteiger partial charge in [0.05, 0.1) is 17.1 Å². The standard InChI is InChI=1S/C30H39ClN4O2/c1-21-3-5-24(6-4-21)22(2)35-20-26-8-10-29(37-26)25-7-9-28(31)27(19-25)30(36)34-18-17-33-16-13-23-11-14-32-15-12-23/h3-10,19,22-23,32-33,35H,11-18,20H2,1-2H3,(H,34,36)/t22-/m1/s1. The van der Waals surface area contributed by atoms with E-state index in [9.17, 15) is 4.79 Å². The monoisotopic (exact) mass is 522 g/mol. The minimum Gasteiger partial charge on any atom is -0.460 e. The van der Waals surface area contributed by atoms with Crippen molar-refractivity contribution in [1.29, 1.82) is 0 Å². The van der Waals surface area contributed by atoms with Crippen molar-refractivity contribution in [2.75, 3.05) is 32.7 Å². The zero-order valence-corrected chi connectivity index (χ0v) is 22.7. The molecule has 37 heavy (non-hydrogen) atoms. The largest absolute Gasteiger partial charge is 0.460 e. The van der Waals surface area contributed by atoms with Crippen molar-refractivity contribution in [3.8, 4) is 11.3 Å². The van der Waals surface area contributed by atoms with E-state index in [1.807, 2.05) is 18.2 Å². The number of piperidine rings is 1. The third kappa shape index (κ3) is 8.17. The van der Waals surface area contributed by atoms with Gasteiger partial charge in [-0.25, -0.2) is 0 Å². The number of furan rings is 1. The van der Waals surface area contributed by atoms with E-state index in [1.54, 1.807) is 12.1 Å². The normalized spacial score (nSPS) is 15.0. The van der Waals surface area contributed by atoms with Crippen LogP contribution in [0.3, 0.4) is 0 Å². The Hall–Kier alpha value is -2.64. The van der Waals surface area contributed by atoms with Crippen molar-refractivity contribution in [3.05, 3.63) is 82.1 Å². The summed E-state index contributed by atoms with van der Waals surface area (Å²) < 4.78 is 6.07. The Morgan fingerprint density at radius 1 is 1.05 bits per heavy atom. The first-order valence-electron chi connectivity index (χ1n) is 13.4. The molecule has 1 fully saturated rings. The second kappa shape index (κ2) is 13.8. The molecule has 2 heterocycles. The van der Waals surface area contributed by atoms with Crippen LogP contribution >= 0.6 is 11.6 Å². The van der Waals surface area contributed by atoms with Gasteiger partial charge >= 0.3 is 0 Å². The van der Waals surface area contributed by atoms with Gasteiger partial charge in [0.15, 0.2) is 0 Å². The topological polar surface area (TPSA) is 78.3 Å². The number of carbonyl (C=O) groups excluding carboxylic acids is 1. The van der Waals surface area contributed by atoms with Gasteiger partial charge in [0, 0.05) is 24.7 Å². The number of nitrogens with one attached hydrogen (secondary N) is 4. The first-order valence-corrected chi connectivity index (χ1v) is 13.8. The number of carbonyl (C=O) groups is 1. The van der Waals surface area contributed by atoms with Gasteiger partial charge in [-0.2, -0.15) is 0 Å². The molecule has 4 rings (SSSR count). The van der Waals surface area contributed by atoms with E-state index in [2.05, 4.69) is 59.4 Å². The Morgan fingerprint density at radius 3 is 2.62 bits per heavy atom. The molecular weight excluding hydrogens is 484 g/mol. The lowest BCUT2D eigenvalue weighted by atomic mass is 9.95. The predicted octanol–water partition coefficient (Wildman–Crippen LogP) is 5.47. The minimum absolute atomic E-state index is 0.174. The van der Waals surface area contributed by atoms with E-state index in [0.29, 0.717) is 29.4 Å². The van der Waals surface area contributed by atoms with Crippen LogP contribution in [-0.2, 0) is 6.54 Å². The molecule has 1 atom stereocenters. The smallest absolute Gasteiger partial charge is 0.252 e. The summed E-state index contributed by atoms with van der Waals surface area (Å²) in [6.07, 6.45) is 3.70. The maximum absolute atomic E-state index is 12.8. The van der Waals surface area contributed by atoms with Crippen molar-refractivity contribution in [2.24, 2.45) is 5.92 Å². The second-order valence-corrected chi connectivity index (χ2v) is 10.4. The van der Waals surface area contributed by atoms with Crippen LogP contribution < -0.4 is 21.3 Å². The molecule has 1 aliphatic heterocycles. The summed E-state index contributed by atoms with van der Waals surface area (Å²) in [5.41, 5.74) is 3.77. The van der Waals surface area contributed by atoms with Crippen LogP contribution in [0.2, 0.25) is 5.02 Å². The summed E-state index contributed by atoms with van der Waals surface area (Å²) in [6, 6.07) is 18.1. The molecule has 6 nitrogen and oxygen atoms in total. The van der Waals surface area contributed by atoms with Gasteiger partial charge < -0.3 is 25.7 Å². The van der Waals surface area contributed by atoms with Crippen LogP contribution in [0.25, 0.3) is 11.3 Å². The highest BCUT2D eigenvalue weighted by molar-refractivity contribution is 6.34. The fourth-order valence-electron chi connectivity index (χ4n) is 4.67. The van der Waals surface area contributed by atoms with E-state index in [1.165, 1.54) is 30.4 Å². The van der Waals surface area contributed by atoms with E-state index in [4.69, 9.17) is 16.0 Å². The van der Waals surface area contributed by atoms with Crippen LogP contribution in [0.1, 0.15) is 59.5 Å². The Labute approximate surface area is 225 Å². The molecule has 0 bridgehead atoms. The molecule has 4 N–H and O–H groups in total.